The lowest BCUT2D eigenvalue weighted by Gasteiger charge is -2.26. The molecular weight excluding hydrogens is 593 g/mol. The van der Waals surface area contributed by atoms with Crippen molar-refractivity contribution in [3.05, 3.63) is 88.8 Å². The van der Waals surface area contributed by atoms with Crippen LogP contribution in [0, 0.1) is 0 Å². The predicted molar refractivity (Wildman–Crippen MR) is 166 cm³/mol. The number of benzene rings is 3. The van der Waals surface area contributed by atoms with Crippen LogP contribution in [0.25, 0.3) is 20.8 Å². The average molecular weight is 619 g/mol. The van der Waals surface area contributed by atoms with Crippen molar-refractivity contribution in [1.29, 1.82) is 0 Å². The number of hydrogen-bond acceptors (Lipinski definition) is 8. The van der Waals surface area contributed by atoms with Crippen LogP contribution in [-0.4, -0.2) is 43.8 Å². The summed E-state index contributed by atoms with van der Waals surface area (Å²) < 4.78 is 34.6. The summed E-state index contributed by atoms with van der Waals surface area (Å²) in [4.78, 5) is 33.4. The van der Waals surface area contributed by atoms with Crippen molar-refractivity contribution in [2.75, 3.05) is 23.7 Å². The second-order valence-corrected chi connectivity index (χ2v) is 13.5. The Hall–Kier alpha value is -4.26. The zero-order valence-corrected chi connectivity index (χ0v) is 25.2. The number of ether oxygens (including phenoxy) is 1. The highest BCUT2D eigenvalue weighted by molar-refractivity contribution is 7.92. The van der Waals surface area contributed by atoms with Gasteiger partial charge in [-0.3, -0.25) is 14.3 Å². The fourth-order valence-electron chi connectivity index (χ4n) is 4.83. The number of rotatable bonds is 7. The minimum atomic E-state index is -3.88. The summed E-state index contributed by atoms with van der Waals surface area (Å²) in [5.41, 5.74) is 3.40. The number of sulfonamides is 1. The zero-order valence-electron chi connectivity index (χ0n) is 22.7. The molecule has 0 spiro atoms. The molecule has 0 fully saturated rings. The first kappa shape index (κ1) is 27.9. The Morgan fingerprint density at radius 1 is 1.00 bits per heavy atom. The number of thiazole rings is 1. The van der Waals surface area contributed by atoms with Gasteiger partial charge in [0.2, 0.25) is 5.91 Å². The topological polar surface area (TPSA) is 118 Å². The molecule has 0 bridgehead atoms. The van der Waals surface area contributed by atoms with E-state index in [4.69, 9.17) is 9.72 Å². The summed E-state index contributed by atoms with van der Waals surface area (Å²) in [5.74, 6) is 0.169. The fraction of sp³-hybridized carbons (Fsp3) is 0.167. The number of nitrogens with zero attached hydrogens (tertiary/aromatic N) is 2. The Morgan fingerprint density at radius 2 is 1.79 bits per heavy atom. The zero-order chi connectivity index (χ0) is 29.4. The largest absolute Gasteiger partial charge is 0.497 e. The van der Waals surface area contributed by atoms with Crippen LogP contribution < -0.4 is 14.8 Å². The average Bonchev–Trinajstić information content (AvgIpc) is 3.57. The maximum Gasteiger partial charge on any atom is 0.261 e. The van der Waals surface area contributed by atoms with E-state index >= 15 is 0 Å². The number of thiophene rings is 1. The molecule has 0 radical (unpaired) electrons. The van der Waals surface area contributed by atoms with E-state index in [0.717, 1.165) is 31.2 Å². The minimum absolute atomic E-state index is 0.00933. The third-order valence-corrected chi connectivity index (χ3v) is 10.6. The number of amides is 2. The molecule has 2 N–H and O–H groups in total. The Labute approximate surface area is 250 Å². The van der Waals surface area contributed by atoms with Crippen LogP contribution in [0.1, 0.15) is 27.7 Å². The lowest BCUT2D eigenvalue weighted by atomic mass is 10.0. The van der Waals surface area contributed by atoms with E-state index in [9.17, 15) is 18.0 Å². The first-order valence-electron chi connectivity index (χ1n) is 13.1. The molecule has 9 nitrogen and oxygen atoms in total. The van der Waals surface area contributed by atoms with Crippen LogP contribution in [0.3, 0.4) is 0 Å². The quantitative estimate of drug-likeness (QED) is 0.231. The number of fused-ring (bicyclic) bond motifs is 2. The molecule has 0 saturated carbocycles. The second kappa shape index (κ2) is 11.2. The minimum Gasteiger partial charge on any atom is -0.497 e. The van der Waals surface area contributed by atoms with E-state index < -0.39 is 10.0 Å². The van der Waals surface area contributed by atoms with E-state index in [-0.39, 0.29) is 28.0 Å². The van der Waals surface area contributed by atoms with Crippen molar-refractivity contribution in [3.8, 4) is 16.3 Å². The van der Waals surface area contributed by atoms with Crippen molar-refractivity contribution < 1.29 is 22.7 Å². The lowest BCUT2D eigenvalue weighted by Crippen LogP contribution is -2.33. The molecule has 0 unspecified atom stereocenters. The summed E-state index contributed by atoms with van der Waals surface area (Å²) in [6.07, 6.45) is 0.662. The standard InChI is InChI=1S/C30H26N4O5S3/c1-18(35)34-15-14-23-26(17-34)41-30(27(23)29-31-24-8-3-4-9-25(24)40-29)32-28(36)19-6-5-7-20(16-19)33-42(37,38)22-12-10-21(39-2)11-13-22/h3-13,16,33H,14-15,17H2,1-2H3,(H,32,36). The first-order valence-corrected chi connectivity index (χ1v) is 16.2. The van der Waals surface area contributed by atoms with E-state index in [2.05, 4.69) is 10.0 Å². The van der Waals surface area contributed by atoms with Gasteiger partial charge in [0.25, 0.3) is 15.9 Å². The highest BCUT2D eigenvalue weighted by atomic mass is 32.2. The molecular formula is C30H26N4O5S3. The Bertz CT molecular complexity index is 1900. The van der Waals surface area contributed by atoms with Crippen molar-refractivity contribution in [2.45, 2.75) is 24.8 Å². The number of anilines is 2. The number of aromatic nitrogens is 1. The molecule has 42 heavy (non-hydrogen) atoms. The second-order valence-electron chi connectivity index (χ2n) is 9.70. The van der Waals surface area contributed by atoms with Crippen LogP contribution >= 0.6 is 22.7 Å². The van der Waals surface area contributed by atoms with Gasteiger partial charge in [0.1, 0.15) is 15.8 Å². The van der Waals surface area contributed by atoms with Gasteiger partial charge in [0, 0.05) is 35.2 Å². The third kappa shape index (κ3) is 5.48. The Morgan fingerprint density at radius 3 is 2.52 bits per heavy atom. The number of hydrogen-bond donors (Lipinski definition) is 2. The molecule has 214 valence electrons. The number of carbonyl (C=O) groups is 2. The van der Waals surface area contributed by atoms with Crippen molar-refractivity contribution in [3.63, 3.8) is 0 Å². The van der Waals surface area contributed by atoms with Crippen LogP contribution in [0.4, 0.5) is 10.7 Å². The molecule has 0 atom stereocenters. The van der Waals surface area contributed by atoms with Gasteiger partial charge < -0.3 is 15.0 Å². The Kier molecular flexibility index (Phi) is 7.43. The Balaban J connectivity index is 1.30. The molecule has 1 aliphatic rings. The molecule has 2 amide bonds. The van der Waals surface area contributed by atoms with E-state index in [1.807, 2.05) is 24.3 Å². The highest BCUT2D eigenvalue weighted by Crippen LogP contribution is 2.46. The van der Waals surface area contributed by atoms with Crippen LogP contribution in [0.15, 0.2) is 77.7 Å². The normalized spacial score (nSPS) is 13.0. The van der Waals surface area contributed by atoms with Crippen LogP contribution in [0.2, 0.25) is 0 Å². The number of nitrogens with one attached hydrogen (secondary N) is 2. The van der Waals surface area contributed by atoms with E-state index in [1.165, 1.54) is 36.6 Å². The number of carbonyl (C=O) groups excluding carboxylic acids is 2. The molecule has 3 aromatic carbocycles. The van der Waals surface area contributed by atoms with Gasteiger partial charge in [-0.1, -0.05) is 18.2 Å². The summed E-state index contributed by atoms with van der Waals surface area (Å²) in [7, 11) is -2.38. The van der Waals surface area contributed by atoms with Crippen LogP contribution in [0.5, 0.6) is 5.75 Å². The maximum atomic E-state index is 13.5. The molecule has 3 heterocycles. The fourth-order valence-corrected chi connectivity index (χ4v) is 8.25. The predicted octanol–water partition coefficient (Wildman–Crippen LogP) is 5.99. The number of methoxy groups -OCH3 is 1. The molecule has 1 aliphatic heterocycles. The smallest absolute Gasteiger partial charge is 0.261 e. The molecule has 6 rings (SSSR count). The van der Waals surface area contributed by atoms with Gasteiger partial charge in [-0.2, -0.15) is 0 Å². The SMILES string of the molecule is COc1ccc(S(=O)(=O)Nc2cccc(C(=O)Nc3sc4c(c3-c3nc5ccccc5s3)CCN(C(C)=O)C4)c2)cc1. The summed E-state index contributed by atoms with van der Waals surface area (Å²) >= 11 is 3.00. The van der Waals surface area contributed by atoms with Gasteiger partial charge in [0.15, 0.2) is 0 Å². The van der Waals surface area contributed by atoms with Crippen molar-refractivity contribution in [2.24, 2.45) is 0 Å². The third-order valence-electron chi connectivity index (χ3n) is 6.98. The van der Waals surface area contributed by atoms with Crippen molar-refractivity contribution in [1.82, 2.24) is 9.88 Å². The molecule has 5 aromatic rings. The van der Waals surface area contributed by atoms with E-state index in [0.29, 0.717) is 30.3 Å². The van der Waals surface area contributed by atoms with Gasteiger partial charge >= 0.3 is 0 Å². The molecule has 2 aromatic heterocycles. The summed E-state index contributed by atoms with van der Waals surface area (Å²) in [6, 6.07) is 20.3. The van der Waals surface area contributed by atoms with Crippen molar-refractivity contribution >= 4 is 65.4 Å². The monoisotopic (exact) mass is 618 g/mol. The van der Waals surface area contributed by atoms with Gasteiger partial charge in [0.05, 0.1) is 28.8 Å². The number of para-hydroxylation sites is 1. The maximum absolute atomic E-state index is 13.5. The van der Waals surface area contributed by atoms with Gasteiger partial charge in [-0.05, 0) is 66.6 Å². The van der Waals surface area contributed by atoms with Gasteiger partial charge in [-0.25, -0.2) is 13.4 Å². The molecule has 12 heteroatoms. The molecule has 0 aliphatic carbocycles. The summed E-state index contributed by atoms with van der Waals surface area (Å²) in [6.45, 7) is 2.64. The van der Waals surface area contributed by atoms with Crippen LogP contribution in [-0.2, 0) is 27.8 Å². The summed E-state index contributed by atoms with van der Waals surface area (Å²) in [5, 5.41) is 4.52. The van der Waals surface area contributed by atoms with E-state index in [1.54, 1.807) is 53.5 Å². The lowest BCUT2D eigenvalue weighted by molar-refractivity contribution is -0.129. The first-order chi connectivity index (χ1) is 20.2. The van der Waals surface area contributed by atoms with Gasteiger partial charge in [-0.15, -0.1) is 22.7 Å². The highest BCUT2D eigenvalue weighted by Gasteiger charge is 2.29. The molecule has 0 saturated heterocycles.